The molecular weight excluding hydrogens is 404 g/mol. The van der Waals surface area contributed by atoms with Crippen LogP contribution in [0.3, 0.4) is 0 Å². The van der Waals surface area contributed by atoms with Crippen molar-refractivity contribution in [1.82, 2.24) is 0 Å². The van der Waals surface area contributed by atoms with Crippen molar-refractivity contribution in [3.05, 3.63) is 52.6 Å². The number of allylic oxidation sites excluding steroid dienone is 1. The predicted octanol–water partition coefficient (Wildman–Crippen LogP) is 4.02. The van der Waals surface area contributed by atoms with E-state index in [1.54, 1.807) is 12.1 Å². The second kappa shape index (κ2) is 7.96. The molecule has 1 N–H and O–H groups in total. The Morgan fingerprint density at radius 2 is 1.73 bits per heavy atom. The van der Waals surface area contributed by atoms with Gasteiger partial charge in [-0.1, -0.05) is 17.7 Å². The van der Waals surface area contributed by atoms with Gasteiger partial charge in [-0.25, -0.2) is 0 Å². The van der Waals surface area contributed by atoms with E-state index >= 15 is 0 Å². The van der Waals surface area contributed by atoms with Gasteiger partial charge < -0.3 is 18.8 Å². The van der Waals surface area contributed by atoms with Crippen molar-refractivity contribution >= 4 is 15.7 Å². The molecule has 1 atom stereocenters. The van der Waals surface area contributed by atoms with Crippen LogP contribution >= 0.6 is 0 Å². The Balaban J connectivity index is 1.93. The minimum Gasteiger partial charge on any atom is -0.493 e. The molecule has 0 heterocycles. The fraction of sp³-hybridized carbons (Fsp3) is 0.391. The third-order valence-corrected chi connectivity index (χ3v) is 7.10. The number of methoxy groups -OCH3 is 2. The van der Waals surface area contributed by atoms with Gasteiger partial charge in [0.05, 0.1) is 20.3 Å². The van der Waals surface area contributed by atoms with Crippen LogP contribution in [0.1, 0.15) is 42.4 Å². The van der Waals surface area contributed by atoms with Gasteiger partial charge in [0.25, 0.3) is 0 Å². The van der Waals surface area contributed by atoms with E-state index in [0.717, 1.165) is 41.5 Å². The van der Waals surface area contributed by atoms with Crippen LogP contribution in [0.5, 0.6) is 17.2 Å². The molecule has 160 valence electrons. The third-order valence-electron chi connectivity index (χ3n) is 5.86. The zero-order chi connectivity index (χ0) is 21.5. The van der Waals surface area contributed by atoms with Crippen molar-refractivity contribution in [2.45, 2.75) is 50.0 Å². The van der Waals surface area contributed by atoms with Gasteiger partial charge in [0.1, 0.15) is 4.90 Å². The Hall–Kier alpha value is -2.51. The summed E-state index contributed by atoms with van der Waals surface area (Å²) >= 11 is 0. The average Bonchev–Trinajstić information content (AvgIpc) is 3.16. The van der Waals surface area contributed by atoms with Crippen LogP contribution in [-0.4, -0.2) is 33.8 Å². The van der Waals surface area contributed by atoms with E-state index in [4.69, 9.17) is 13.7 Å². The smallest absolute Gasteiger partial charge is 0.339 e. The van der Waals surface area contributed by atoms with Gasteiger partial charge in [0.15, 0.2) is 11.5 Å². The highest BCUT2D eigenvalue weighted by molar-refractivity contribution is 7.87. The molecule has 7 heteroatoms. The first-order valence-corrected chi connectivity index (χ1v) is 11.5. The second-order valence-electron chi connectivity index (χ2n) is 7.74. The van der Waals surface area contributed by atoms with Crippen LogP contribution in [0, 0.1) is 6.92 Å². The molecule has 1 unspecified atom stereocenters. The highest BCUT2D eigenvalue weighted by Crippen LogP contribution is 2.51. The molecule has 2 aromatic rings. The lowest BCUT2D eigenvalue weighted by Gasteiger charge is -2.21. The summed E-state index contributed by atoms with van der Waals surface area (Å²) in [6.07, 6.45) is 3.11. The molecule has 0 aromatic heterocycles. The maximum Gasteiger partial charge on any atom is 0.339 e. The molecule has 0 fully saturated rings. The summed E-state index contributed by atoms with van der Waals surface area (Å²) in [6.45, 7) is 1.89. The van der Waals surface area contributed by atoms with Crippen LogP contribution in [0.15, 0.2) is 40.8 Å². The molecule has 0 saturated carbocycles. The molecule has 0 amide bonds. The lowest BCUT2D eigenvalue weighted by atomic mass is 9.95. The molecule has 2 aliphatic rings. The largest absolute Gasteiger partial charge is 0.493 e. The lowest BCUT2D eigenvalue weighted by Crippen LogP contribution is -2.13. The van der Waals surface area contributed by atoms with Gasteiger partial charge in [-0.3, -0.25) is 0 Å². The lowest BCUT2D eigenvalue weighted by molar-refractivity contribution is 0.199. The van der Waals surface area contributed by atoms with Crippen LogP contribution in [-0.2, 0) is 16.5 Å². The maximum atomic E-state index is 13.1. The molecule has 6 nitrogen and oxygen atoms in total. The van der Waals surface area contributed by atoms with Gasteiger partial charge in [0.2, 0.25) is 5.75 Å². The van der Waals surface area contributed by atoms with Crippen molar-refractivity contribution in [2.24, 2.45) is 0 Å². The Labute approximate surface area is 177 Å². The van der Waals surface area contributed by atoms with Crippen molar-refractivity contribution in [3.63, 3.8) is 0 Å². The summed E-state index contributed by atoms with van der Waals surface area (Å²) in [5, 5.41) is 10.6. The minimum atomic E-state index is -4.10. The van der Waals surface area contributed by atoms with E-state index in [0.29, 0.717) is 24.2 Å². The second-order valence-corrected chi connectivity index (χ2v) is 9.28. The number of aliphatic hydroxyl groups is 1. The first-order chi connectivity index (χ1) is 14.4. The summed E-state index contributed by atoms with van der Waals surface area (Å²) in [4.78, 5) is 0.0704. The number of hydrogen-bond donors (Lipinski definition) is 1. The third kappa shape index (κ3) is 3.56. The number of aliphatic hydroxyl groups excluding tert-OH is 1. The number of rotatable bonds is 5. The molecule has 2 aliphatic carbocycles. The molecule has 0 aliphatic heterocycles. The van der Waals surface area contributed by atoms with Crippen LogP contribution < -0.4 is 13.7 Å². The monoisotopic (exact) mass is 430 g/mol. The summed E-state index contributed by atoms with van der Waals surface area (Å²) in [5.41, 5.74) is 4.50. The molecule has 0 bridgehead atoms. The van der Waals surface area contributed by atoms with Gasteiger partial charge >= 0.3 is 10.1 Å². The predicted molar refractivity (Wildman–Crippen MR) is 114 cm³/mol. The summed E-state index contributed by atoms with van der Waals surface area (Å²) in [7, 11) is -1.12. The topological polar surface area (TPSA) is 82.1 Å². The van der Waals surface area contributed by atoms with Gasteiger partial charge in [-0.05, 0) is 73.9 Å². The maximum absolute atomic E-state index is 13.1. The quantitative estimate of drug-likeness (QED) is 0.722. The zero-order valence-corrected chi connectivity index (χ0v) is 18.2. The van der Waals surface area contributed by atoms with Crippen molar-refractivity contribution in [3.8, 4) is 17.2 Å². The van der Waals surface area contributed by atoms with Crippen LogP contribution in [0.4, 0.5) is 0 Å². The Morgan fingerprint density at radius 3 is 2.40 bits per heavy atom. The summed E-state index contributed by atoms with van der Waals surface area (Å²) < 4.78 is 43.0. The number of hydrogen-bond acceptors (Lipinski definition) is 6. The van der Waals surface area contributed by atoms with E-state index in [-0.39, 0.29) is 16.4 Å². The van der Waals surface area contributed by atoms with Gasteiger partial charge in [0, 0.05) is 5.56 Å². The number of ether oxygens (including phenoxy) is 2. The molecule has 0 spiro atoms. The van der Waals surface area contributed by atoms with Crippen LogP contribution in [0.2, 0.25) is 0 Å². The molecular formula is C23H26O6S. The van der Waals surface area contributed by atoms with E-state index in [1.807, 2.05) is 13.0 Å². The Kier molecular flexibility index (Phi) is 5.51. The standard InChI is InChI=1S/C23H26O6S/c1-14-7-10-16(11-8-14)30(25,26)29-23-21-15(13-20(27-2)22(23)28-3)9-12-19(24)17-5-4-6-18(17)21/h7-8,10-11,13,19,24H,4-6,9,12H2,1-3H3. The van der Waals surface area contributed by atoms with E-state index in [2.05, 4.69) is 0 Å². The molecule has 4 rings (SSSR count). The number of benzene rings is 2. The fourth-order valence-electron chi connectivity index (χ4n) is 4.37. The molecule has 0 radical (unpaired) electrons. The number of aryl methyl sites for hydroxylation is 2. The highest BCUT2D eigenvalue weighted by Gasteiger charge is 2.34. The van der Waals surface area contributed by atoms with E-state index < -0.39 is 16.2 Å². The molecule has 30 heavy (non-hydrogen) atoms. The average molecular weight is 431 g/mol. The molecule has 2 aromatic carbocycles. The van der Waals surface area contributed by atoms with E-state index in [1.165, 1.54) is 26.4 Å². The number of fused-ring (bicyclic) bond motifs is 2. The fourth-order valence-corrected chi connectivity index (χ4v) is 5.31. The first-order valence-electron chi connectivity index (χ1n) is 10.0. The Bertz CT molecular complexity index is 1100. The van der Waals surface area contributed by atoms with Crippen LogP contribution in [0.25, 0.3) is 5.57 Å². The minimum absolute atomic E-state index is 0.0704. The zero-order valence-electron chi connectivity index (χ0n) is 17.4. The van der Waals surface area contributed by atoms with E-state index in [9.17, 15) is 13.5 Å². The Morgan fingerprint density at radius 1 is 1.00 bits per heavy atom. The first kappa shape index (κ1) is 20.8. The summed E-state index contributed by atoms with van der Waals surface area (Å²) in [6, 6.07) is 8.38. The molecule has 0 saturated heterocycles. The van der Waals surface area contributed by atoms with Gasteiger partial charge in [-0.15, -0.1) is 0 Å². The normalized spacial score (nSPS) is 18.5. The van der Waals surface area contributed by atoms with Crippen molar-refractivity contribution < 1.29 is 27.2 Å². The van der Waals surface area contributed by atoms with Gasteiger partial charge in [-0.2, -0.15) is 8.42 Å². The SMILES string of the molecule is COc1cc2c(c(OS(=O)(=O)c3ccc(C)cc3)c1OC)C1=C(CCC1)C(O)CC2. The van der Waals surface area contributed by atoms with Crippen molar-refractivity contribution in [2.75, 3.05) is 14.2 Å². The van der Waals surface area contributed by atoms with Crippen molar-refractivity contribution in [1.29, 1.82) is 0 Å². The summed E-state index contributed by atoms with van der Waals surface area (Å²) in [5.74, 6) is 0.778. The highest BCUT2D eigenvalue weighted by atomic mass is 32.2.